The van der Waals surface area contributed by atoms with Crippen molar-refractivity contribution in [3.05, 3.63) is 24.3 Å². The van der Waals surface area contributed by atoms with Crippen LogP contribution in [0.15, 0.2) is 24.3 Å². The molecule has 2 fully saturated rings. The smallest absolute Gasteiger partial charge is 0.319 e. The van der Waals surface area contributed by atoms with E-state index in [0.717, 1.165) is 31.6 Å². The predicted molar refractivity (Wildman–Crippen MR) is 84.0 cm³/mol. The van der Waals surface area contributed by atoms with Crippen LogP contribution in [-0.4, -0.2) is 37.7 Å². The lowest BCUT2D eigenvalue weighted by Crippen LogP contribution is -2.35. The van der Waals surface area contributed by atoms with E-state index >= 15 is 0 Å². The Bertz CT molecular complexity index is 555. The Morgan fingerprint density at radius 2 is 2.18 bits per heavy atom. The molecule has 2 aliphatic heterocycles. The zero-order valence-corrected chi connectivity index (χ0v) is 12.5. The second kappa shape index (κ2) is 6.79. The van der Waals surface area contributed by atoms with Crippen LogP contribution >= 0.6 is 0 Å². The molecule has 2 saturated heterocycles. The Morgan fingerprint density at radius 3 is 2.91 bits per heavy atom. The molecule has 0 radical (unpaired) electrons. The number of nitrogens with one attached hydrogen (secondary N) is 2. The zero-order chi connectivity index (χ0) is 15.4. The number of carbonyl (C=O) groups is 2. The van der Waals surface area contributed by atoms with Crippen LogP contribution in [0.25, 0.3) is 0 Å². The summed E-state index contributed by atoms with van der Waals surface area (Å²) in [4.78, 5) is 25.7. The summed E-state index contributed by atoms with van der Waals surface area (Å²) in [7, 11) is 0. The van der Waals surface area contributed by atoms with Crippen molar-refractivity contribution >= 4 is 23.3 Å². The molecule has 118 valence electrons. The number of benzene rings is 1. The number of amides is 3. The molecule has 0 bridgehead atoms. The summed E-state index contributed by atoms with van der Waals surface area (Å²) >= 11 is 0. The number of para-hydroxylation sites is 2. The standard InChI is InChI=1S/C16H21N3O3/c20-15-8-3-9-19(15)14-7-2-1-6-13(14)18-16(21)17-11-12-5-4-10-22-12/h1-2,6-7,12H,3-5,8-11H2,(H2,17,18,21). The SMILES string of the molecule is O=C(NCC1CCCO1)Nc1ccccc1N1CCCC1=O. The van der Waals surface area contributed by atoms with E-state index in [0.29, 0.717) is 25.2 Å². The Kier molecular flexibility index (Phi) is 4.58. The van der Waals surface area contributed by atoms with Gasteiger partial charge >= 0.3 is 6.03 Å². The molecular weight excluding hydrogens is 282 g/mol. The highest BCUT2D eigenvalue weighted by atomic mass is 16.5. The van der Waals surface area contributed by atoms with Gasteiger partial charge in [-0.25, -0.2) is 4.79 Å². The van der Waals surface area contributed by atoms with E-state index in [-0.39, 0.29) is 18.0 Å². The summed E-state index contributed by atoms with van der Waals surface area (Å²) in [5, 5.41) is 5.66. The number of hydrogen-bond acceptors (Lipinski definition) is 3. The van der Waals surface area contributed by atoms with Crippen molar-refractivity contribution in [2.75, 3.05) is 29.9 Å². The highest BCUT2D eigenvalue weighted by Gasteiger charge is 2.24. The molecule has 0 aromatic heterocycles. The molecule has 0 aliphatic carbocycles. The van der Waals surface area contributed by atoms with Gasteiger partial charge in [0.25, 0.3) is 0 Å². The summed E-state index contributed by atoms with van der Waals surface area (Å²) in [6, 6.07) is 7.12. The molecule has 1 aromatic carbocycles. The summed E-state index contributed by atoms with van der Waals surface area (Å²) < 4.78 is 5.48. The number of ether oxygens (including phenoxy) is 1. The second-order valence-electron chi connectivity index (χ2n) is 5.64. The van der Waals surface area contributed by atoms with Crippen molar-refractivity contribution in [2.24, 2.45) is 0 Å². The summed E-state index contributed by atoms with van der Waals surface area (Å²) in [6.07, 6.45) is 3.58. The Balaban J connectivity index is 1.61. The molecule has 6 nitrogen and oxygen atoms in total. The van der Waals surface area contributed by atoms with Gasteiger partial charge in [0, 0.05) is 26.1 Å². The molecule has 1 atom stereocenters. The van der Waals surface area contributed by atoms with Crippen molar-refractivity contribution in [1.82, 2.24) is 5.32 Å². The number of hydrogen-bond donors (Lipinski definition) is 2. The monoisotopic (exact) mass is 303 g/mol. The topological polar surface area (TPSA) is 70.7 Å². The van der Waals surface area contributed by atoms with Gasteiger partial charge in [-0.3, -0.25) is 4.79 Å². The first kappa shape index (κ1) is 14.8. The minimum atomic E-state index is -0.269. The van der Waals surface area contributed by atoms with Gasteiger partial charge < -0.3 is 20.3 Å². The van der Waals surface area contributed by atoms with Crippen LogP contribution in [0.2, 0.25) is 0 Å². The molecule has 6 heteroatoms. The molecule has 2 N–H and O–H groups in total. The van der Waals surface area contributed by atoms with Crippen LogP contribution < -0.4 is 15.5 Å². The molecule has 3 rings (SSSR count). The van der Waals surface area contributed by atoms with E-state index in [2.05, 4.69) is 10.6 Å². The number of carbonyl (C=O) groups excluding carboxylic acids is 2. The lowest BCUT2D eigenvalue weighted by atomic mass is 10.2. The van der Waals surface area contributed by atoms with Crippen LogP contribution in [0.3, 0.4) is 0 Å². The molecule has 0 spiro atoms. The average Bonchev–Trinajstić information content (AvgIpc) is 3.17. The number of anilines is 2. The third-order valence-electron chi connectivity index (χ3n) is 4.03. The van der Waals surface area contributed by atoms with Gasteiger partial charge in [-0.05, 0) is 31.4 Å². The first-order chi connectivity index (χ1) is 10.7. The maximum Gasteiger partial charge on any atom is 0.319 e. The summed E-state index contributed by atoms with van der Waals surface area (Å²) in [5.74, 6) is 0.106. The largest absolute Gasteiger partial charge is 0.376 e. The van der Waals surface area contributed by atoms with Crippen LogP contribution in [0.4, 0.5) is 16.2 Å². The van der Waals surface area contributed by atoms with E-state index in [9.17, 15) is 9.59 Å². The molecular formula is C16H21N3O3. The van der Waals surface area contributed by atoms with E-state index in [1.165, 1.54) is 0 Å². The van der Waals surface area contributed by atoms with E-state index < -0.39 is 0 Å². The third kappa shape index (κ3) is 3.39. The Hall–Kier alpha value is -2.08. The first-order valence-electron chi connectivity index (χ1n) is 7.80. The first-order valence-corrected chi connectivity index (χ1v) is 7.80. The average molecular weight is 303 g/mol. The molecule has 2 aliphatic rings. The van der Waals surface area contributed by atoms with Gasteiger partial charge in [0.15, 0.2) is 0 Å². The lowest BCUT2D eigenvalue weighted by molar-refractivity contribution is -0.117. The lowest BCUT2D eigenvalue weighted by Gasteiger charge is -2.20. The number of nitrogens with zero attached hydrogens (tertiary/aromatic N) is 1. The second-order valence-corrected chi connectivity index (χ2v) is 5.64. The van der Waals surface area contributed by atoms with Gasteiger partial charge in [-0.1, -0.05) is 12.1 Å². The molecule has 0 saturated carbocycles. The van der Waals surface area contributed by atoms with Gasteiger partial charge in [0.05, 0.1) is 17.5 Å². The highest BCUT2D eigenvalue weighted by Crippen LogP contribution is 2.29. The highest BCUT2D eigenvalue weighted by molar-refractivity contribution is 6.01. The number of urea groups is 1. The number of rotatable bonds is 4. The fourth-order valence-corrected chi connectivity index (χ4v) is 2.90. The van der Waals surface area contributed by atoms with Gasteiger partial charge in [-0.2, -0.15) is 0 Å². The fourth-order valence-electron chi connectivity index (χ4n) is 2.90. The van der Waals surface area contributed by atoms with Crippen LogP contribution in [0.5, 0.6) is 0 Å². The van der Waals surface area contributed by atoms with Crippen LogP contribution in [0, 0.1) is 0 Å². The van der Waals surface area contributed by atoms with E-state index in [4.69, 9.17) is 4.74 Å². The van der Waals surface area contributed by atoms with E-state index in [1.807, 2.05) is 24.3 Å². The van der Waals surface area contributed by atoms with Gasteiger partial charge in [0.2, 0.25) is 5.91 Å². The maximum absolute atomic E-state index is 12.0. The quantitative estimate of drug-likeness (QED) is 0.895. The maximum atomic E-state index is 12.0. The van der Waals surface area contributed by atoms with E-state index in [1.54, 1.807) is 4.90 Å². The fraction of sp³-hybridized carbons (Fsp3) is 0.500. The minimum absolute atomic E-state index is 0.106. The van der Waals surface area contributed by atoms with Crippen molar-refractivity contribution in [1.29, 1.82) is 0 Å². The van der Waals surface area contributed by atoms with Crippen molar-refractivity contribution in [3.8, 4) is 0 Å². The molecule has 3 amide bonds. The van der Waals surface area contributed by atoms with Gasteiger partial charge in [0.1, 0.15) is 0 Å². The third-order valence-corrected chi connectivity index (χ3v) is 4.03. The Labute approximate surface area is 129 Å². The molecule has 1 unspecified atom stereocenters. The van der Waals surface area contributed by atoms with Crippen molar-refractivity contribution < 1.29 is 14.3 Å². The van der Waals surface area contributed by atoms with Crippen molar-refractivity contribution in [2.45, 2.75) is 31.8 Å². The molecule has 22 heavy (non-hydrogen) atoms. The van der Waals surface area contributed by atoms with Crippen molar-refractivity contribution in [3.63, 3.8) is 0 Å². The Morgan fingerprint density at radius 1 is 1.32 bits per heavy atom. The predicted octanol–water partition coefficient (Wildman–Crippen LogP) is 2.11. The molecule has 1 aromatic rings. The van der Waals surface area contributed by atoms with Gasteiger partial charge in [-0.15, -0.1) is 0 Å². The minimum Gasteiger partial charge on any atom is -0.376 e. The molecule has 2 heterocycles. The van der Waals surface area contributed by atoms with Crippen LogP contribution in [0.1, 0.15) is 25.7 Å². The summed E-state index contributed by atoms with van der Waals surface area (Å²) in [5.41, 5.74) is 1.42. The zero-order valence-electron chi connectivity index (χ0n) is 12.5. The normalized spacial score (nSPS) is 21.2. The van der Waals surface area contributed by atoms with Crippen LogP contribution in [-0.2, 0) is 9.53 Å². The summed E-state index contributed by atoms with van der Waals surface area (Å²) in [6.45, 7) is 1.99.